The van der Waals surface area contributed by atoms with Crippen molar-refractivity contribution >= 4 is 5.69 Å². The SMILES string of the molecule is CC(C)(C)c1ncc(N2CC3CC2CO3)cn1. The first kappa shape index (κ1) is 11.0. The second kappa shape index (κ2) is 3.67. The lowest BCUT2D eigenvalue weighted by Crippen LogP contribution is -2.37. The zero-order valence-electron chi connectivity index (χ0n) is 10.7. The summed E-state index contributed by atoms with van der Waals surface area (Å²) in [5.74, 6) is 0.904. The molecule has 17 heavy (non-hydrogen) atoms. The molecular formula is C13H19N3O. The Morgan fingerprint density at radius 1 is 1.29 bits per heavy atom. The molecule has 0 spiro atoms. The Morgan fingerprint density at radius 2 is 2.00 bits per heavy atom. The molecule has 2 unspecified atom stereocenters. The van der Waals surface area contributed by atoms with Gasteiger partial charge in [-0.25, -0.2) is 9.97 Å². The summed E-state index contributed by atoms with van der Waals surface area (Å²) < 4.78 is 5.60. The third-order valence-electron chi connectivity index (χ3n) is 3.54. The molecular weight excluding hydrogens is 214 g/mol. The summed E-state index contributed by atoms with van der Waals surface area (Å²) in [6, 6.07) is 0.532. The van der Waals surface area contributed by atoms with E-state index in [1.54, 1.807) is 0 Å². The van der Waals surface area contributed by atoms with Gasteiger partial charge in [-0.3, -0.25) is 0 Å². The van der Waals surface area contributed by atoms with Crippen LogP contribution in [0.25, 0.3) is 0 Å². The Bertz CT molecular complexity index is 410. The maximum absolute atomic E-state index is 5.60. The van der Waals surface area contributed by atoms with Gasteiger partial charge in [0.25, 0.3) is 0 Å². The van der Waals surface area contributed by atoms with Gasteiger partial charge in [0.2, 0.25) is 0 Å². The fourth-order valence-electron chi connectivity index (χ4n) is 2.57. The summed E-state index contributed by atoms with van der Waals surface area (Å²) in [4.78, 5) is 11.3. The lowest BCUT2D eigenvalue weighted by atomic mass is 9.96. The normalized spacial score (nSPS) is 27.8. The number of hydrogen-bond acceptors (Lipinski definition) is 4. The average molecular weight is 233 g/mol. The van der Waals surface area contributed by atoms with E-state index in [4.69, 9.17) is 4.74 Å². The monoisotopic (exact) mass is 233 g/mol. The van der Waals surface area contributed by atoms with Crippen molar-refractivity contribution in [2.75, 3.05) is 18.1 Å². The number of rotatable bonds is 1. The van der Waals surface area contributed by atoms with Gasteiger partial charge in [-0.2, -0.15) is 0 Å². The van der Waals surface area contributed by atoms with Crippen molar-refractivity contribution in [3.8, 4) is 0 Å². The van der Waals surface area contributed by atoms with E-state index >= 15 is 0 Å². The largest absolute Gasteiger partial charge is 0.374 e. The standard InChI is InChI=1S/C13H19N3O/c1-13(2,3)12-14-5-10(6-15-12)16-7-11-4-9(16)8-17-11/h5-6,9,11H,4,7-8H2,1-3H3. The molecule has 4 nitrogen and oxygen atoms in total. The fourth-order valence-corrected chi connectivity index (χ4v) is 2.57. The molecule has 0 amide bonds. The lowest BCUT2D eigenvalue weighted by Gasteiger charge is -2.28. The zero-order valence-corrected chi connectivity index (χ0v) is 10.7. The van der Waals surface area contributed by atoms with Crippen LogP contribution >= 0.6 is 0 Å². The van der Waals surface area contributed by atoms with E-state index < -0.39 is 0 Å². The second-order valence-electron chi connectivity index (χ2n) is 6.01. The van der Waals surface area contributed by atoms with Gasteiger partial charge in [0, 0.05) is 12.0 Å². The molecule has 2 saturated heterocycles. The number of morpholine rings is 1. The Hall–Kier alpha value is -1.16. The highest BCUT2D eigenvalue weighted by molar-refractivity contribution is 5.46. The summed E-state index contributed by atoms with van der Waals surface area (Å²) in [6.45, 7) is 8.24. The second-order valence-corrected chi connectivity index (χ2v) is 6.01. The number of anilines is 1. The molecule has 0 aromatic carbocycles. The van der Waals surface area contributed by atoms with E-state index in [1.165, 1.54) is 0 Å². The van der Waals surface area contributed by atoms with E-state index in [0.29, 0.717) is 12.1 Å². The molecule has 2 bridgehead atoms. The summed E-state index contributed by atoms with van der Waals surface area (Å²) in [5, 5.41) is 0. The molecule has 92 valence electrons. The van der Waals surface area contributed by atoms with Crippen LogP contribution in [0.1, 0.15) is 33.0 Å². The lowest BCUT2D eigenvalue weighted by molar-refractivity contribution is 0.0991. The summed E-state index contributed by atoms with van der Waals surface area (Å²) in [7, 11) is 0. The maximum Gasteiger partial charge on any atom is 0.133 e. The van der Waals surface area contributed by atoms with E-state index in [-0.39, 0.29) is 5.41 Å². The third-order valence-corrected chi connectivity index (χ3v) is 3.54. The highest BCUT2D eigenvalue weighted by Crippen LogP contribution is 2.32. The molecule has 2 aliphatic heterocycles. The zero-order chi connectivity index (χ0) is 12.0. The minimum Gasteiger partial charge on any atom is -0.374 e. The molecule has 1 aromatic heterocycles. The van der Waals surface area contributed by atoms with Gasteiger partial charge in [-0.15, -0.1) is 0 Å². The van der Waals surface area contributed by atoms with Crippen LogP contribution in [0.4, 0.5) is 5.69 Å². The Kier molecular flexibility index (Phi) is 2.36. The molecule has 3 heterocycles. The number of ether oxygens (including phenoxy) is 1. The van der Waals surface area contributed by atoms with E-state index in [1.807, 2.05) is 12.4 Å². The molecule has 4 heteroatoms. The highest BCUT2D eigenvalue weighted by atomic mass is 16.5. The molecule has 0 radical (unpaired) electrons. The van der Waals surface area contributed by atoms with Crippen LogP contribution in [0.2, 0.25) is 0 Å². The summed E-state index contributed by atoms with van der Waals surface area (Å²) in [5.41, 5.74) is 1.15. The Labute approximate surface area is 102 Å². The van der Waals surface area contributed by atoms with Crippen molar-refractivity contribution in [2.45, 2.75) is 44.8 Å². The number of fused-ring (bicyclic) bond motifs is 2. The molecule has 0 aliphatic carbocycles. The molecule has 2 fully saturated rings. The predicted molar refractivity (Wildman–Crippen MR) is 66.2 cm³/mol. The number of nitrogens with zero attached hydrogens (tertiary/aromatic N) is 3. The van der Waals surface area contributed by atoms with Gasteiger partial charge in [-0.05, 0) is 6.42 Å². The molecule has 0 saturated carbocycles. The molecule has 2 atom stereocenters. The van der Waals surface area contributed by atoms with Crippen LogP contribution in [0.15, 0.2) is 12.4 Å². The highest BCUT2D eigenvalue weighted by Gasteiger charge is 2.39. The van der Waals surface area contributed by atoms with Crippen LogP contribution in [0.3, 0.4) is 0 Å². The van der Waals surface area contributed by atoms with Crippen molar-refractivity contribution in [3.63, 3.8) is 0 Å². The molecule has 2 aliphatic rings. The smallest absolute Gasteiger partial charge is 0.133 e. The van der Waals surface area contributed by atoms with E-state index in [9.17, 15) is 0 Å². The summed E-state index contributed by atoms with van der Waals surface area (Å²) in [6.07, 6.45) is 5.48. The topological polar surface area (TPSA) is 38.2 Å². The first-order valence-electron chi connectivity index (χ1n) is 6.25. The van der Waals surface area contributed by atoms with Gasteiger partial charge in [0.05, 0.1) is 36.8 Å². The van der Waals surface area contributed by atoms with Gasteiger partial charge in [0.1, 0.15) is 5.82 Å². The Morgan fingerprint density at radius 3 is 2.47 bits per heavy atom. The minimum atomic E-state index is 0.0195. The Balaban J connectivity index is 1.81. The molecule has 0 N–H and O–H groups in total. The van der Waals surface area contributed by atoms with Gasteiger partial charge in [0.15, 0.2) is 0 Å². The first-order valence-corrected chi connectivity index (χ1v) is 6.25. The van der Waals surface area contributed by atoms with Gasteiger partial charge >= 0.3 is 0 Å². The summed E-state index contributed by atoms with van der Waals surface area (Å²) >= 11 is 0. The fraction of sp³-hybridized carbons (Fsp3) is 0.692. The quantitative estimate of drug-likeness (QED) is 0.740. The number of hydrogen-bond donors (Lipinski definition) is 0. The first-order chi connectivity index (χ1) is 8.04. The third kappa shape index (κ3) is 1.90. The minimum absolute atomic E-state index is 0.0195. The van der Waals surface area contributed by atoms with E-state index in [2.05, 4.69) is 35.6 Å². The van der Waals surface area contributed by atoms with Gasteiger partial charge < -0.3 is 9.64 Å². The molecule has 1 aromatic rings. The molecule has 3 rings (SSSR count). The van der Waals surface area contributed by atoms with Crippen molar-refractivity contribution in [1.29, 1.82) is 0 Å². The van der Waals surface area contributed by atoms with Crippen LogP contribution in [0, 0.1) is 0 Å². The van der Waals surface area contributed by atoms with Crippen molar-refractivity contribution in [3.05, 3.63) is 18.2 Å². The van der Waals surface area contributed by atoms with Crippen LogP contribution in [0.5, 0.6) is 0 Å². The predicted octanol–water partition coefficient (Wildman–Crippen LogP) is 1.75. The maximum atomic E-state index is 5.60. The van der Waals surface area contributed by atoms with Crippen LogP contribution in [-0.2, 0) is 10.2 Å². The van der Waals surface area contributed by atoms with Gasteiger partial charge in [-0.1, -0.05) is 20.8 Å². The van der Waals surface area contributed by atoms with E-state index in [0.717, 1.165) is 31.1 Å². The van der Waals surface area contributed by atoms with Crippen molar-refractivity contribution in [1.82, 2.24) is 9.97 Å². The average Bonchev–Trinajstić information content (AvgIpc) is 2.89. The van der Waals surface area contributed by atoms with Crippen LogP contribution in [-0.4, -0.2) is 35.3 Å². The van der Waals surface area contributed by atoms with Crippen LogP contribution < -0.4 is 4.90 Å². The number of aromatic nitrogens is 2. The van der Waals surface area contributed by atoms with Crippen molar-refractivity contribution in [2.24, 2.45) is 0 Å². The van der Waals surface area contributed by atoms with Crippen molar-refractivity contribution < 1.29 is 4.74 Å².